The van der Waals surface area contributed by atoms with Gasteiger partial charge in [-0.25, -0.2) is 14.4 Å². The topological polar surface area (TPSA) is 77.2 Å². The van der Waals surface area contributed by atoms with Crippen LogP contribution in [0.2, 0.25) is 0 Å². The van der Waals surface area contributed by atoms with Gasteiger partial charge in [0.05, 0.1) is 18.4 Å². The molecule has 1 aromatic carbocycles. The second kappa shape index (κ2) is 6.35. The fourth-order valence-electron chi connectivity index (χ4n) is 2.86. The molecule has 0 spiro atoms. The first kappa shape index (κ1) is 15.3. The Hall–Kier alpha value is -3.22. The number of amides is 1. The molecule has 0 fully saturated rings. The summed E-state index contributed by atoms with van der Waals surface area (Å²) in [5.74, 6) is 0.0271. The first-order chi connectivity index (χ1) is 12.2. The van der Waals surface area contributed by atoms with E-state index in [0.29, 0.717) is 35.4 Å². The average molecular weight is 339 g/mol. The largest absolute Gasteiger partial charge is 0.487 e. The maximum atomic E-state index is 14.0. The molecule has 6 nitrogen and oxygen atoms in total. The summed E-state index contributed by atoms with van der Waals surface area (Å²) in [4.78, 5) is 19.9. The third-order valence-corrected chi connectivity index (χ3v) is 4.01. The van der Waals surface area contributed by atoms with Gasteiger partial charge in [-0.2, -0.15) is 0 Å². The summed E-state index contributed by atoms with van der Waals surface area (Å²) in [7, 11) is 0. The van der Waals surface area contributed by atoms with Gasteiger partial charge in [0.15, 0.2) is 0 Å². The third kappa shape index (κ3) is 3.08. The van der Waals surface area contributed by atoms with Crippen molar-refractivity contribution in [3.05, 3.63) is 66.4 Å². The number of hydrogen-bond acceptors (Lipinski definition) is 5. The Kier molecular flexibility index (Phi) is 3.89. The minimum absolute atomic E-state index is 0.240. The van der Waals surface area contributed by atoms with Crippen LogP contribution in [-0.4, -0.2) is 28.5 Å². The van der Waals surface area contributed by atoms with E-state index in [9.17, 15) is 9.18 Å². The van der Waals surface area contributed by atoms with E-state index in [-0.39, 0.29) is 17.8 Å². The standard InChI is InChI=1S/C18H14FN3O3/c19-14-3-12-4-15(8-22-18(23)11-1-2-24-9-11)25-17(12)16(5-14)13-6-20-10-21-7-13/h1-3,5-7,9-10,15H,4,8H2,(H,22,23)/t15-/m0/s1. The Labute approximate surface area is 142 Å². The summed E-state index contributed by atoms with van der Waals surface area (Å²) in [5, 5.41) is 2.79. The van der Waals surface area contributed by atoms with Crippen LogP contribution in [0, 0.1) is 5.82 Å². The third-order valence-electron chi connectivity index (χ3n) is 4.01. The zero-order valence-corrected chi connectivity index (χ0v) is 13.1. The van der Waals surface area contributed by atoms with Crippen LogP contribution in [0.3, 0.4) is 0 Å². The van der Waals surface area contributed by atoms with Crippen molar-refractivity contribution in [1.82, 2.24) is 15.3 Å². The molecule has 25 heavy (non-hydrogen) atoms. The van der Waals surface area contributed by atoms with E-state index < -0.39 is 0 Å². The molecule has 0 aliphatic carbocycles. The van der Waals surface area contributed by atoms with Crippen molar-refractivity contribution in [1.29, 1.82) is 0 Å². The number of carbonyl (C=O) groups excluding carboxylic acids is 1. The van der Waals surface area contributed by atoms with Crippen LogP contribution in [0.5, 0.6) is 5.75 Å². The highest BCUT2D eigenvalue weighted by atomic mass is 19.1. The highest BCUT2D eigenvalue weighted by molar-refractivity contribution is 5.93. The van der Waals surface area contributed by atoms with Crippen molar-refractivity contribution in [3.63, 3.8) is 0 Å². The number of halogens is 1. The van der Waals surface area contributed by atoms with Gasteiger partial charge in [-0.05, 0) is 18.2 Å². The van der Waals surface area contributed by atoms with Gasteiger partial charge >= 0.3 is 0 Å². The van der Waals surface area contributed by atoms with Gasteiger partial charge in [-0.3, -0.25) is 4.79 Å². The lowest BCUT2D eigenvalue weighted by atomic mass is 10.0. The van der Waals surface area contributed by atoms with E-state index >= 15 is 0 Å². The molecule has 1 atom stereocenters. The van der Waals surface area contributed by atoms with Crippen molar-refractivity contribution >= 4 is 5.91 Å². The zero-order valence-electron chi connectivity index (χ0n) is 13.1. The van der Waals surface area contributed by atoms with Crippen LogP contribution < -0.4 is 10.1 Å². The molecule has 1 aliphatic rings. The van der Waals surface area contributed by atoms with Crippen LogP contribution >= 0.6 is 0 Å². The SMILES string of the molecule is O=C(NC[C@@H]1Cc2cc(F)cc(-c3cncnc3)c2O1)c1ccoc1. The molecule has 3 aromatic rings. The molecule has 0 radical (unpaired) electrons. The molecule has 1 N–H and O–H groups in total. The predicted octanol–water partition coefficient (Wildman–Crippen LogP) is 2.61. The fraction of sp³-hybridized carbons (Fsp3) is 0.167. The van der Waals surface area contributed by atoms with E-state index in [0.717, 1.165) is 5.56 Å². The Morgan fingerprint density at radius 1 is 1.32 bits per heavy atom. The number of aromatic nitrogens is 2. The second-order valence-electron chi connectivity index (χ2n) is 5.73. The predicted molar refractivity (Wildman–Crippen MR) is 86.6 cm³/mol. The first-order valence-corrected chi connectivity index (χ1v) is 7.75. The molecule has 2 aromatic heterocycles. The van der Waals surface area contributed by atoms with Crippen molar-refractivity contribution in [3.8, 4) is 16.9 Å². The lowest BCUT2D eigenvalue weighted by molar-refractivity contribution is 0.0933. The minimum Gasteiger partial charge on any atom is -0.487 e. The van der Waals surface area contributed by atoms with Crippen LogP contribution in [0.15, 0.2) is 53.9 Å². The molecule has 126 valence electrons. The number of benzene rings is 1. The zero-order chi connectivity index (χ0) is 17.2. The van der Waals surface area contributed by atoms with Crippen LogP contribution in [0.1, 0.15) is 15.9 Å². The smallest absolute Gasteiger partial charge is 0.254 e. The Bertz CT molecular complexity index is 897. The maximum Gasteiger partial charge on any atom is 0.254 e. The number of rotatable bonds is 4. The van der Waals surface area contributed by atoms with E-state index in [1.54, 1.807) is 18.5 Å². The summed E-state index contributed by atoms with van der Waals surface area (Å²) >= 11 is 0. The monoisotopic (exact) mass is 339 g/mol. The molecule has 1 amide bonds. The van der Waals surface area contributed by atoms with E-state index in [2.05, 4.69) is 15.3 Å². The number of fused-ring (bicyclic) bond motifs is 1. The number of furan rings is 1. The molecule has 7 heteroatoms. The van der Waals surface area contributed by atoms with Crippen LogP contribution in [0.4, 0.5) is 4.39 Å². The van der Waals surface area contributed by atoms with Gasteiger partial charge in [0.1, 0.15) is 30.3 Å². The number of carbonyl (C=O) groups is 1. The Morgan fingerprint density at radius 3 is 2.92 bits per heavy atom. The number of hydrogen-bond donors (Lipinski definition) is 1. The molecule has 1 aliphatic heterocycles. The van der Waals surface area contributed by atoms with Crippen molar-refractivity contribution in [2.75, 3.05) is 6.54 Å². The second-order valence-corrected chi connectivity index (χ2v) is 5.73. The number of ether oxygens (including phenoxy) is 1. The lowest BCUT2D eigenvalue weighted by Gasteiger charge is -2.13. The van der Waals surface area contributed by atoms with E-state index in [4.69, 9.17) is 9.15 Å². The molecular weight excluding hydrogens is 325 g/mol. The van der Waals surface area contributed by atoms with Gasteiger partial charge in [0.25, 0.3) is 5.91 Å². The highest BCUT2D eigenvalue weighted by Gasteiger charge is 2.27. The average Bonchev–Trinajstić information content (AvgIpc) is 3.29. The van der Waals surface area contributed by atoms with Gasteiger partial charge in [-0.1, -0.05) is 0 Å². The quantitative estimate of drug-likeness (QED) is 0.791. The van der Waals surface area contributed by atoms with E-state index in [1.165, 1.54) is 31.0 Å². The van der Waals surface area contributed by atoms with Gasteiger partial charge in [-0.15, -0.1) is 0 Å². The van der Waals surface area contributed by atoms with Gasteiger partial charge < -0.3 is 14.5 Å². The number of nitrogens with zero attached hydrogens (tertiary/aromatic N) is 2. The van der Waals surface area contributed by atoms with Crippen LogP contribution in [-0.2, 0) is 6.42 Å². The summed E-state index contributed by atoms with van der Waals surface area (Å²) in [6.45, 7) is 0.311. The van der Waals surface area contributed by atoms with Crippen LogP contribution in [0.25, 0.3) is 11.1 Å². The summed E-state index contributed by atoms with van der Waals surface area (Å²) in [6.07, 6.45) is 7.70. The normalized spacial score (nSPS) is 15.5. The van der Waals surface area contributed by atoms with Gasteiger partial charge in [0, 0.05) is 35.5 Å². The van der Waals surface area contributed by atoms with Crippen molar-refractivity contribution in [2.45, 2.75) is 12.5 Å². The first-order valence-electron chi connectivity index (χ1n) is 7.75. The highest BCUT2D eigenvalue weighted by Crippen LogP contribution is 2.39. The fourth-order valence-corrected chi connectivity index (χ4v) is 2.86. The summed E-state index contributed by atoms with van der Waals surface area (Å²) in [5.41, 5.74) is 2.51. The van der Waals surface area contributed by atoms with Gasteiger partial charge in [0.2, 0.25) is 0 Å². The van der Waals surface area contributed by atoms with E-state index in [1.807, 2.05) is 0 Å². The molecule has 0 saturated carbocycles. The minimum atomic E-state index is -0.343. The molecule has 3 heterocycles. The molecule has 0 unspecified atom stereocenters. The van der Waals surface area contributed by atoms with Crippen molar-refractivity contribution < 1.29 is 18.3 Å². The number of nitrogens with one attached hydrogen (secondary N) is 1. The lowest BCUT2D eigenvalue weighted by Crippen LogP contribution is -2.34. The molecule has 0 saturated heterocycles. The summed E-state index contributed by atoms with van der Waals surface area (Å²) < 4.78 is 24.8. The molecular formula is C18H14FN3O3. The summed E-state index contributed by atoms with van der Waals surface area (Å²) in [6, 6.07) is 4.45. The van der Waals surface area contributed by atoms with Crippen molar-refractivity contribution in [2.24, 2.45) is 0 Å². The Balaban J connectivity index is 1.51. The maximum absolute atomic E-state index is 14.0. The molecule has 4 rings (SSSR count). The Morgan fingerprint density at radius 2 is 2.16 bits per heavy atom. The molecule has 0 bridgehead atoms.